The molecule has 0 aromatic carbocycles. The van der Waals surface area contributed by atoms with E-state index >= 15 is 0 Å². The summed E-state index contributed by atoms with van der Waals surface area (Å²) in [6.07, 6.45) is 8.81. The number of hydrogen-bond acceptors (Lipinski definition) is 4. The monoisotopic (exact) mass is 300 g/mol. The van der Waals surface area contributed by atoms with Crippen molar-refractivity contribution in [3.63, 3.8) is 0 Å². The van der Waals surface area contributed by atoms with E-state index in [1.54, 1.807) is 23.3 Å². The Labute approximate surface area is 129 Å². The van der Waals surface area contributed by atoms with Crippen molar-refractivity contribution >= 4 is 11.6 Å². The minimum atomic E-state index is -0.0858. The van der Waals surface area contributed by atoms with Crippen molar-refractivity contribution < 1.29 is 9.53 Å². The second-order valence-corrected chi connectivity index (χ2v) is 5.60. The molecule has 3 heterocycles. The van der Waals surface area contributed by atoms with Crippen LogP contribution < -0.4 is 5.32 Å². The predicted octanol–water partition coefficient (Wildman–Crippen LogP) is 2.08. The largest absolute Gasteiger partial charge is 0.378 e. The number of amides is 1. The van der Waals surface area contributed by atoms with Crippen molar-refractivity contribution in [2.75, 3.05) is 11.9 Å². The maximum atomic E-state index is 12.3. The van der Waals surface area contributed by atoms with Gasteiger partial charge in [-0.3, -0.25) is 14.5 Å². The first-order chi connectivity index (χ1) is 10.7. The van der Waals surface area contributed by atoms with Crippen molar-refractivity contribution in [2.45, 2.75) is 32.4 Å². The first kappa shape index (κ1) is 14.7. The van der Waals surface area contributed by atoms with Gasteiger partial charge in [0.2, 0.25) is 5.91 Å². The van der Waals surface area contributed by atoms with Crippen LogP contribution in [-0.2, 0) is 16.1 Å². The Balaban J connectivity index is 1.60. The number of nitrogens with one attached hydrogen (secondary N) is 1. The smallest absolute Gasteiger partial charge is 0.230 e. The lowest BCUT2D eigenvalue weighted by Crippen LogP contribution is -2.36. The summed E-state index contributed by atoms with van der Waals surface area (Å²) in [6, 6.07) is 3.89. The van der Waals surface area contributed by atoms with Crippen LogP contribution in [0.1, 0.15) is 25.3 Å². The van der Waals surface area contributed by atoms with E-state index in [0.29, 0.717) is 6.54 Å². The van der Waals surface area contributed by atoms with Gasteiger partial charge < -0.3 is 10.1 Å². The fourth-order valence-corrected chi connectivity index (χ4v) is 2.69. The zero-order valence-corrected chi connectivity index (χ0v) is 12.6. The fraction of sp³-hybridized carbons (Fsp3) is 0.438. The second-order valence-electron chi connectivity index (χ2n) is 5.60. The molecule has 1 amide bonds. The second kappa shape index (κ2) is 6.70. The van der Waals surface area contributed by atoms with Gasteiger partial charge in [-0.05, 0) is 37.5 Å². The van der Waals surface area contributed by atoms with Crippen molar-refractivity contribution in [3.05, 3.63) is 42.5 Å². The van der Waals surface area contributed by atoms with Crippen LogP contribution in [0.25, 0.3) is 0 Å². The topological polar surface area (TPSA) is 69.0 Å². The molecule has 2 atom stereocenters. The number of carbonyl (C=O) groups excluding carboxylic acids is 1. The molecule has 6 nitrogen and oxygen atoms in total. The van der Waals surface area contributed by atoms with Crippen LogP contribution in [-0.4, -0.2) is 33.4 Å². The SMILES string of the molecule is CC1OCCCC1C(=O)Nc1cnn(Cc2ccncc2)c1. The molecule has 2 unspecified atom stereocenters. The van der Waals surface area contributed by atoms with Gasteiger partial charge in [-0.25, -0.2) is 0 Å². The van der Waals surface area contributed by atoms with Gasteiger partial charge in [0, 0.05) is 25.2 Å². The highest BCUT2D eigenvalue weighted by molar-refractivity contribution is 5.92. The maximum Gasteiger partial charge on any atom is 0.230 e. The average molecular weight is 300 g/mol. The Kier molecular flexibility index (Phi) is 4.48. The minimum absolute atomic E-state index is 0.00987. The van der Waals surface area contributed by atoms with Crippen LogP contribution in [0.5, 0.6) is 0 Å². The van der Waals surface area contributed by atoms with Crippen molar-refractivity contribution in [3.8, 4) is 0 Å². The molecular weight excluding hydrogens is 280 g/mol. The van der Waals surface area contributed by atoms with E-state index < -0.39 is 0 Å². The summed E-state index contributed by atoms with van der Waals surface area (Å²) in [5.41, 5.74) is 1.84. The van der Waals surface area contributed by atoms with Gasteiger partial charge in [0.25, 0.3) is 0 Å². The standard InChI is InChI=1S/C16H20N4O2/c1-12-15(3-2-8-22-12)16(21)19-14-9-18-20(11-14)10-13-4-6-17-7-5-13/h4-7,9,11-12,15H,2-3,8,10H2,1H3,(H,19,21). The summed E-state index contributed by atoms with van der Waals surface area (Å²) in [7, 11) is 0. The van der Waals surface area contributed by atoms with E-state index in [0.717, 1.165) is 30.7 Å². The molecule has 3 rings (SSSR count). The van der Waals surface area contributed by atoms with Gasteiger partial charge in [-0.15, -0.1) is 0 Å². The van der Waals surface area contributed by atoms with E-state index in [4.69, 9.17) is 4.74 Å². The van der Waals surface area contributed by atoms with Crippen molar-refractivity contribution in [2.24, 2.45) is 5.92 Å². The number of anilines is 1. The summed E-state index contributed by atoms with van der Waals surface area (Å²) in [5.74, 6) is -0.0760. The molecule has 0 aliphatic carbocycles. The maximum absolute atomic E-state index is 12.3. The van der Waals surface area contributed by atoms with Crippen molar-refractivity contribution in [1.29, 1.82) is 0 Å². The number of hydrogen-bond donors (Lipinski definition) is 1. The summed E-state index contributed by atoms with van der Waals surface area (Å²) >= 11 is 0. The number of nitrogens with zero attached hydrogens (tertiary/aromatic N) is 3. The van der Waals surface area contributed by atoms with E-state index in [-0.39, 0.29) is 17.9 Å². The van der Waals surface area contributed by atoms with E-state index in [1.807, 2.05) is 25.3 Å². The third-order valence-corrected chi connectivity index (χ3v) is 3.94. The Morgan fingerprint density at radius 2 is 2.27 bits per heavy atom. The number of pyridine rings is 1. The molecule has 22 heavy (non-hydrogen) atoms. The molecule has 0 bridgehead atoms. The molecule has 0 spiro atoms. The highest BCUT2D eigenvalue weighted by Crippen LogP contribution is 2.22. The Bertz CT molecular complexity index is 626. The molecule has 1 aliphatic heterocycles. The third kappa shape index (κ3) is 3.51. The summed E-state index contributed by atoms with van der Waals surface area (Å²) in [6.45, 7) is 3.35. The first-order valence-corrected chi connectivity index (χ1v) is 7.56. The summed E-state index contributed by atoms with van der Waals surface area (Å²) in [4.78, 5) is 16.3. The van der Waals surface area contributed by atoms with E-state index in [9.17, 15) is 4.79 Å². The van der Waals surface area contributed by atoms with E-state index in [1.165, 1.54) is 0 Å². The molecule has 1 N–H and O–H groups in total. The molecule has 2 aromatic rings. The molecule has 0 saturated carbocycles. The molecule has 1 aliphatic rings. The zero-order valence-electron chi connectivity index (χ0n) is 12.6. The molecule has 1 saturated heterocycles. The van der Waals surface area contributed by atoms with Crippen LogP contribution in [0.2, 0.25) is 0 Å². The van der Waals surface area contributed by atoms with Gasteiger partial charge in [0.05, 0.1) is 30.5 Å². The lowest BCUT2D eigenvalue weighted by Gasteiger charge is -2.27. The van der Waals surface area contributed by atoms with Gasteiger partial charge >= 0.3 is 0 Å². The number of aromatic nitrogens is 3. The van der Waals surface area contributed by atoms with Crippen LogP contribution in [0.3, 0.4) is 0 Å². The highest BCUT2D eigenvalue weighted by atomic mass is 16.5. The highest BCUT2D eigenvalue weighted by Gasteiger charge is 2.28. The lowest BCUT2D eigenvalue weighted by molar-refractivity contribution is -0.127. The van der Waals surface area contributed by atoms with Gasteiger partial charge in [-0.2, -0.15) is 5.10 Å². The summed E-state index contributed by atoms with van der Waals surface area (Å²) < 4.78 is 7.34. The van der Waals surface area contributed by atoms with Crippen LogP contribution >= 0.6 is 0 Å². The zero-order chi connectivity index (χ0) is 15.4. The molecule has 0 radical (unpaired) electrons. The Morgan fingerprint density at radius 1 is 1.45 bits per heavy atom. The third-order valence-electron chi connectivity index (χ3n) is 3.94. The van der Waals surface area contributed by atoms with Crippen LogP contribution in [0.15, 0.2) is 36.9 Å². The first-order valence-electron chi connectivity index (χ1n) is 7.56. The molecule has 6 heteroatoms. The normalized spacial score (nSPS) is 21.5. The summed E-state index contributed by atoms with van der Waals surface area (Å²) in [5, 5.41) is 7.21. The van der Waals surface area contributed by atoms with Crippen LogP contribution in [0, 0.1) is 5.92 Å². The predicted molar refractivity (Wildman–Crippen MR) is 82.3 cm³/mol. The molecule has 2 aromatic heterocycles. The van der Waals surface area contributed by atoms with Gasteiger partial charge in [0.1, 0.15) is 0 Å². The molecule has 116 valence electrons. The van der Waals surface area contributed by atoms with Crippen molar-refractivity contribution in [1.82, 2.24) is 14.8 Å². The Morgan fingerprint density at radius 3 is 3.05 bits per heavy atom. The van der Waals surface area contributed by atoms with Gasteiger partial charge in [-0.1, -0.05) is 0 Å². The quantitative estimate of drug-likeness (QED) is 0.938. The lowest BCUT2D eigenvalue weighted by atomic mass is 9.94. The minimum Gasteiger partial charge on any atom is -0.378 e. The molecule has 1 fully saturated rings. The van der Waals surface area contributed by atoms with E-state index in [2.05, 4.69) is 15.4 Å². The van der Waals surface area contributed by atoms with Gasteiger partial charge in [0.15, 0.2) is 0 Å². The fourth-order valence-electron chi connectivity index (χ4n) is 2.69. The number of ether oxygens (including phenoxy) is 1. The number of rotatable bonds is 4. The molecular formula is C16H20N4O2. The van der Waals surface area contributed by atoms with Crippen LogP contribution in [0.4, 0.5) is 5.69 Å². The average Bonchev–Trinajstić information content (AvgIpc) is 2.95. The Hall–Kier alpha value is -2.21. The number of carbonyl (C=O) groups is 1.